The van der Waals surface area contributed by atoms with Crippen molar-refractivity contribution in [1.29, 1.82) is 0 Å². The summed E-state index contributed by atoms with van der Waals surface area (Å²) in [5.41, 5.74) is -1.04. The summed E-state index contributed by atoms with van der Waals surface area (Å²) in [6.45, 7) is 11.5. The maximum Gasteiger partial charge on any atom is 0.420 e. The highest BCUT2D eigenvalue weighted by Gasteiger charge is 2.40. The van der Waals surface area contributed by atoms with Gasteiger partial charge in [-0.25, -0.2) is 19.2 Å². The number of rotatable bonds is 9. The van der Waals surface area contributed by atoms with Gasteiger partial charge in [-0.3, -0.25) is 0 Å². The highest BCUT2D eigenvalue weighted by molar-refractivity contribution is 5.93. The molecule has 0 spiro atoms. The van der Waals surface area contributed by atoms with Gasteiger partial charge in [0.05, 0.1) is 0 Å². The van der Waals surface area contributed by atoms with E-state index < -0.39 is 41.5 Å². The number of carboxylic acids is 1. The average molecular weight is 495 g/mol. The molecule has 1 rings (SSSR count). The van der Waals surface area contributed by atoms with Gasteiger partial charge in [0, 0.05) is 6.04 Å². The smallest absolute Gasteiger partial charge is 0.420 e. The Balaban J connectivity index is 2.75. The van der Waals surface area contributed by atoms with Gasteiger partial charge in [-0.2, -0.15) is 4.90 Å². The van der Waals surface area contributed by atoms with Crippen molar-refractivity contribution in [2.75, 3.05) is 0 Å². The van der Waals surface area contributed by atoms with Crippen LogP contribution < -0.4 is 5.32 Å². The molecule has 1 aromatic carbocycles. The van der Waals surface area contributed by atoms with Crippen LogP contribution >= 0.6 is 0 Å². The number of carbonyl (C=O) groups excluding carboxylic acids is 3. The van der Waals surface area contributed by atoms with Crippen molar-refractivity contribution >= 4 is 24.2 Å². The number of aliphatic carboxylic acids is 1. The first-order chi connectivity index (χ1) is 16.1. The second-order valence-electron chi connectivity index (χ2n) is 10.2. The highest BCUT2D eigenvalue weighted by Crippen LogP contribution is 2.20. The molecule has 0 aliphatic heterocycles. The van der Waals surface area contributed by atoms with Crippen LogP contribution in [-0.4, -0.2) is 57.5 Å². The molecule has 2 atom stereocenters. The molecule has 0 saturated heterocycles. The van der Waals surface area contributed by atoms with Crippen LogP contribution in [0.1, 0.15) is 73.3 Å². The Bertz CT molecular complexity index is 830. The molecule has 10 nitrogen and oxygen atoms in total. The Labute approximate surface area is 206 Å². The Morgan fingerprint density at radius 2 is 1.43 bits per heavy atom. The number of benzene rings is 1. The summed E-state index contributed by atoms with van der Waals surface area (Å²) in [5, 5.41) is 12.5. The van der Waals surface area contributed by atoms with Crippen LogP contribution in [-0.2, 0) is 25.6 Å². The largest absolute Gasteiger partial charge is 0.480 e. The number of amides is 3. The minimum atomic E-state index is -1.50. The SMILES string of the molecule is CC(CCC[C@@H](C(=O)O)N(C(=O)OC(C)(C)C)C(=O)OC(C)(C)C)NC(=O)OCc1ccccc1. The molecule has 0 bridgehead atoms. The van der Waals surface area contributed by atoms with E-state index in [9.17, 15) is 24.3 Å². The summed E-state index contributed by atoms with van der Waals surface area (Å²) >= 11 is 0. The van der Waals surface area contributed by atoms with Crippen molar-refractivity contribution in [2.24, 2.45) is 0 Å². The Morgan fingerprint density at radius 3 is 1.89 bits per heavy atom. The Kier molecular flexibility index (Phi) is 11.0. The van der Waals surface area contributed by atoms with Crippen molar-refractivity contribution in [2.45, 2.75) is 97.6 Å². The standard InChI is InChI=1S/C25H38N2O8/c1-17(26-21(30)33-16-18-13-9-8-10-14-18)12-11-15-19(20(28)29)27(22(31)34-24(2,3)4)23(32)35-25(5,6)7/h8-10,13-14,17,19H,11-12,15-16H2,1-7H3,(H,26,30)(H,28,29)/t17?,19-/m0/s1. The van der Waals surface area contributed by atoms with Gasteiger partial charge in [0.25, 0.3) is 0 Å². The van der Waals surface area contributed by atoms with E-state index in [1.807, 2.05) is 30.3 Å². The number of hydrogen-bond donors (Lipinski definition) is 2. The third-order valence-corrected chi connectivity index (χ3v) is 4.47. The Morgan fingerprint density at radius 1 is 0.914 bits per heavy atom. The quantitative estimate of drug-likeness (QED) is 0.453. The van der Waals surface area contributed by atoms with E-state index in [0.717, 1.165) is 5.56 Å². The number of ether oxygens (including phenoxy) is 3. The molecule has 3 amide bonds. The number of hydrogen-bond acceptors (Lipinski definition) is 7. The molecular formula is C25H38N2O8. The molecule has 0 radical (unpaired) electrons. The lowest BCUT2D eigenvalue weighted by Crippen LogP contribution is -2.52. The van der Waals surface area contributed by atoms with Gasteiger partial charge in [-0.05, 0) is 73.3 Å². The second kappa shape index (κ2) is 13.0. The first-order valence-corrected chi connectivity index (χ1v) is 11.5. The van der Waals surface area contributed by atoms with Crippen LogP contribution in [0.25, 0.3) is 0 Å². The van der Waals surface area contributed by atoms with E-state index in [0.29, 0.717) is 17.7 Å². The molecular weight excluding hydrogens is 456 g/mol. The number of nitrogens with zero attached hydrogens (tertiary/aromatic N) is 1. The van der Waals surface area contributed by atoms with Crippen molar-refractivity contribution < 1.29 is 38.5 Å². The van der Waals surface area contributed by atoms with E-state index in [2.05, 4.69) is 5.32 Å². The lowest BCUT2D eigenvalue weighted by Gasteiger charge is -2.31. The topological polar surface area (TPSA) is 131 Å². The molecule has 0 aliphatic carbocycles. The zero-order valence-corrected chi connectivity index (χ0v) is 21.6. The minimum absolute atomic E-state index is 0.0566. The van der Waals surface area contributed by atoms with E-state index in [1.54, 1.807) is 48.5 Å². The van der Waals surface area contributed by atoms with E-state index in [1.165, 1.54) is 0 Å². The number of alkyl carbamates (subject to hydrolysis) is 1. The highest BCUT2D eigenvalue weighted by atomic mass is 16.6. The molecule has 35 heavy (non-hydrogen) atoms. The maximum atomic E-state index is 12.7. The van der Waals surface area contributed by atoms with Gasteiger partial charge < -0.3 is 24.6 Å². The summed E-state index contributed by atoms with van der Waals surface area (Å²) in [6, 6.07) is 7.39. The van der Waals surface area contributed by atoms with Gasteiger partial charge in [-0.1, -0.05) is 30.3 Å². The van der Waals surface area contributed by atoms with E-state index >= 15 is 0 Å². The maximum absolute atomic E-state index is 12.7. The molecule has 0 heterocycles. The summed E-state index contributed by atoms with van der Waals surface area (Å²) in [5.74, 6) is -1.37. The van der Waals surface area contributed by atoms with Crippen LogP contribution in [0.3, 0.4) is 0 Å². The fourth-order valence-corrected chi connectivity index (χ4v) is 2.97. The summed E-state index contributed by atoms with van der Waals surface area (Å²) < 4.78 is 15.7. The van der Waals surface area contributed by atoms with Gasteiger partial charge in [-0.15, -0.1) is 0 Å². The monoisotopic (exact) mass is 494 g/mol. The third kappa shape index (κ3) is 12.1. The van der Waals surface area contributed by atoms with E-state index in [4.69, 9.17) is 14.2 Å². The first kappa shape index (κ1) is 29.7. The molecule has 0 saturated carbocycles. The molecule has 1 unspecified atom stereocenters. The number of nitrogens with one attached hydrogen (secondary N) is 1. The predicted octanol–water partition coefficient (Wildman–Crippen LogP) is 5.10. The molecule has 0 aliphatic rings. The summed E-state index contributed by atoms with van der Waals surface area (Å²) in [7, 11) is 0. The fourth-order valence-electron chi connectivity index (χ4n) is 2.97. The number of carbonyl (C=O) groups is 4. The van der Waals surface area contributed by atoms with Crippen molar-refractivity contribution in [3.63, 3.8) is 0 Å². The lowest BCUT2D eigenvalue weighted by molar-refractivity contribution is -0.143. The second-order valence-corrected chi connectivity index (χ2v) is 10.2. The van der Waals surface area contributed by atoms with Crippen LogP contribution in [0.5, 0.6) is 0 Å². The van der Waals surface area contributed by atoms with Gasteiger partial charge in [0.15, 0.2) is 0 Å². The third-order valence-electron chi connectivity index (χ3n) is 4.47. The van der Waals surface area contributed by atoms with Crippen LogP contribution in [0.2, 0.25) is 0 Å². The molecule has 10 heteroatoms. The van der Waals surface area contributed by atoms with Crippen LogP contribution in [0.4, 0.5) is 14.4 Å². The molecule has 1 aromatic rings. The zero-order chi connectivity index (χ0) is 26.8. The van der Waals surface area contributed by atoms with Crippen molar-refractivity contribution in [3.8, 4) is 0 Å². The predicted molar refractivity (Wildman–Crippen MR) is 129 cm³/mol. The molecule has 2 N–H and O–H groups in total. The fraction of sp³-hybridized carbons (Fsp3) is 0.600. The summed E-state index contributed by atoms with van der Waals surface area (Å²) in [4.78, 5) is 50.0. The van der Waals surface area contributed by atoms with Gasteiger partial charge >= 0.3 is 24.2 Å². The molecule has 0 aromatic heterocycles. The molecule has 196 valence electrons. The number of carboxylic acid groups (broad SMARTS) is 1. The van der Waals surface area contributed by atoms with Crippen molar-refractivity contribution in [1.82, 2.24) is 10.2 Å². The average Bonchev–Trinajstić information content (AvgIpc) is 2.69. The van der Waals surface area contributed by atoms with E-state index in [-0.39, 0.29) is 19.1 Å². The number of imide groups is 1. The lowest BCUT2D eigenvalue weighted by atomic mass is 10.1. The van der Waals surface area contributed by atoms with Gasteiger partial charge in [0.2, 0.25) is 0 Å². The Hall–Kier alpha value is -3.30. The molecule has 0 fully saturated rings. The normalized spacial score (nSPS) is 13.2. The van der Waals surface area contributed by atoms with Crippen LogP contribution in [0.15, 0.2) is 30.3 Å². The van der Waals surface area contributed by atoms with Crippen molar-refractivity contribution in [3.05, 3.63) is 35.9 Å². The van der Waals surface area contributed by atoms with Crippen LogP contribution in [0, 0.1) is 0 Å². The zero-order valence-electron chi connectivity index (χ0n) is 21.6. The summed E-state index contributed by atoms with van der Waals surface area (Å²) in [6.07, 6.45) is -2.18. The first-order valence-electron chi connectivity index (χ1n) is 11.5. The minimum Gasteiger partial charge on any atom is -0.480 e. The van der Waals surface area contributed by atoms with Gasteiger partial charge in [0.1, 0.15) is 23.9 Å².